The molecule has 9 heteroatoms. The highest BCUT2D eigenvalue weighted by atomic mass is 16.3. The number of imide groups is 1. The molecule has 0 aliphatic carbocycles. The van der Waals surface area contributed by atoms with Crippen molar-refractivity contribution in [1.82, 2.24) is 15.2 Å². The highest BCUT2D eigenvalue weighted by molar-refractivity contribution is 5.96. The van der Waals surface area contributed by atoms with Crippen LogP contribution in [-0.4, -0.2) is 52.7 Å². The number of benzene rings is 1. The molecule has 1 aromatic carbocycles. The number of nitrogens with one attached hydrogen (secondary N) is 1. The summed E-state index contributed by atoms with van der Waals surface area (Å²) >= 11 is 0. The fourth-order valence-electron chi connectivity index (χ4n) is 2.40. The lowest BCUT2D eigenvalue weighted by molar-refractivity contribution is -0.109. The molecular weight excluding hydrogens is 340 g/mol. The fourth-order valence-corrected chi connectivity index (χ4v) is 2.40. The van der Waals surface area contributed by atoms with Gasteiger partial charge in [0.1, 0.15) is 23.8 Å². The standard InChI is InChI=1S/C17H16N4O5/c22-11-15(12-3-5-13(23)6-4-12)19-16(24)20-7-8-21(17(20)25)18-10-14-2-1-9-26-14/h1-6,9-11,15,23H,7-8H2,(H,19,24). The van der Waals surface area contributed by atoms with E-state index in [-0.39, 0.29) is 18.8 Å². The molecule has 2 heterocycles. The van der Waals surface area contributed by atoms with E-state index < -0.39 is 18.1 Å². The Morgan fingerprint density at radius 3 is 2.69 bits per heavy atom. The van der Waals surface area contributed by atoms with E-state index in [0.717, 1.165) is 9.91 Å². The summed E-state index contributed by atoms with van der Waals surface area (Å²) in [7, 11) is 0. The summed E-state index contributed by atoms with van der Waals surface area (Å²) in [6.45, 7) is 0.371. The van der Waals surface area contributed by atoms with E-state index in [4.69, 9.17) is 4.42 Å². The van der Waals surface area contributed by atoms with Gasteiger partial charge in [0, 0.05) is 0 Å². The minimum atomic E-state index is -0.934. The summed E-state index contributed by atoms with van der Waals surface area (Å²) in [6.07, 6.45) is 3.41. The number of phenolic OH excluding ortho intramolecular Hbond substituents is 1. The Morgan fingerprint density at radius 1 is 1.27 bits per heavy atom. The van der Waals surface area contributed by atoms with Crippen LogP contribution in [0.3, 0.4) is 0 Å². The molecule has 3 rings (SSSR count). The molecule has 134 valence electrons. The van der Waals surface area contributed by atoms with Gasteiger partial charge in [0.2, 0.25) is 0 Å². The van der Waals surface area contributed by atoms with Crippen LogP contribution in [0.1, 0.15) is 17.4 Å². The van der Waals surface area contributed by atoms with E-state index >= 15 is 0 Å². The number of rotatable bonds is 5. The first-order valence-corrected chi connectivity index (χ1v) is 7.79. The molecule has 0 spiro atoms. The van der Waals surface area contributed by atoms with Gasteiger partial charge in [-0.15, -0.1) is 0 Å². The lowest BCUT2D eigenvalue weighted by Crippen LogP contribution is -2.43. The van der Waals surface area contributed by atoms with E-state index in [1.165, 1.54) is 36.7 Å². The largest absolute Gasteiger partial charge is 0.508 e. The Morgan fingerprint density at radius 2 is 2.04 bits per heavy atom. The van der Waals surface area contributed by atoms with Crippen molar-refractivity contribution in [3.05, 3.63) is 54.0 Å². The summed E-state index contributed by atoms with van der Waals surface area (Å²) < 4.78 is 5.09. The molecule has 2 aromatic rings. The summed E-state index contributed by atoms with van der Waals surface area (Å²) in [5.41, 5.74) is 0.491. The third kappa shape index (κ3) is 3.72. The Kier molecular flexibility index (Phi) is 4.97. The van der Waals surface area contributed by atoms with Gasteiger partial charge in [-0.2, -0.15) is 5.10 Å². The zero-order valence-electron chi connectivity index (χ0n) is 13.6. The topological polar surface area (TPSA) is 115 Å². The Labute approximate surface area is 148 Å². The highest BCUT2D eigenvalue weighted by Crippen LogP contribution is 2.17. The molecule has 0 radical (unpaired) electrons. The Balaban J connectivity index is 1.63. The van der Waals surface area contributed by atoms with Gasteiger partial charge in [-0.25, -0.2) is 19.5 Å². The SMILES string of the molecule is O=CC(NC(=O)N1CCN(N=Cc2ccco2)C1=O)c1ccc(O)cc1. The zero-order chi connectivity index (χ0) is 18.5. The lowest BCUT2D eigenvalue weighted by atomic mass is 10.1. The van der Waals surface area contributed by atoms with Crippen molar-refractivity contribution in [3.8, 4) is 5.75 Å². The number of phenols is 1. The third-order valence-corrected chi connectivity index (χ3v) is 3.77. The normalized spacial score (nSPS) is 15.5. The van der Waals surface area contributed by atoms with E-state index in [2.05, 4.69) is 10.4 Å². The first-order chi connectivity index (χ1) is 12.6. The van der Waals surface area contributed by atoms with Crippen LogP contribution in [0.25, 0.3) is 0 Å². The first kappa shape index (κ1) is 17.2. The molecule has 2 N–H and O–H groups in total. The number of carbonyl (C=O) groups is 3. The molecule has 0 saturated carbocycles. The third-order valence-electron chi connectivity index (χ3n) is 3.77. The van der Waals surface area contributed by atoms with Crippen molar-refractivity contribution in [2.24, 2.45) is 5.10 Å². The van der Waals surface area contributed by atoms with E-state index in [0.29, 0.717) is 17.6 Å². The summed E-state index contributed by atoms with van der Waals surface area (Å²) in [5.74, 6) is 0.526. The van der Waals surface area contributed by atoms with Gasteiger partial charge in [0.25, 0.3) is 0 Å². The molecule has 9 nitrogen and oxygen atoms in total. The Hall–Kier alpha value is -3.62. The van der Waals surface area contributed by atoms with Crippen LogP contribution >= 0.6 is 0 Å². The first-order valence-electron chi connectivity index (χ1n) is 7.79. The number of hydrazone groups is 1. The highest BCUT2D eigenvalue weighted by Gasteiger charge is 2.34. The molecule has 1 aliphatic rings. The number of hydrogen-bond acceptors (Lipinski definition) is 6. The molecule has 1 saturated heterocycles. The minimum absolute atomic E-state index is 0.0458. The predicted molar refractivity (Wildman–Crippen MR) is 90.6 cm³/mol. The van der Waals surface area contributed by atoms with Crippen LogP contribution in [0, 0.1) is 0 Å². The van der Waals surface area contributed by atoms with Gasteiger partial charge in [-0.1, -0.05) is 12.1 Å². The number of aromatic hydroxyl groups is 1. The fraction of sp³-hybridized carbons (Fsp3) is 0.176. The zero-order valence-corrected chi connectivity index (χ0v) is 13.6. The van der Waals surface area contributed by atoms with E-state index in [1.807, 2.05) is 0 Å². The number of hydrogen-bond donors (Lipinski definition) is 2. The van der Waals surface area contributed by atoms with Crippen molar-refractivity contribution in [2.45, 2.75) is 6.04 Å². The molecule has 4 amide bonds. The van der Waals surface area contributed by atoms with Crippen LogP contribution in [0.4, 0.5) is 9.59 Å². The van der Waals surface area contributed by atoms with Crippen molar-refractivity contribution in [2.75, 3.05) is 13.1 Å². The quantitative estimate of drug-likeness (QED) is 0.625. The number of amides is 4. The average molecular weight is 356 g/mol. The summed E-state index contributed by atoms with van der Waals surface area (Å²) in [6, 6.07) is 6.99. The van der Waals surface area contributed by atoms with Gasteiger partial charge in [-0.3, -0.25) is 0 Å². The number of aldehydes is 1. The van der Waals surface area contributed by atoms with Crippen LogP contribution < -0.4 is 5.32 Å². The predicted octanol–water partition coefficient (Wildman–Crippen LogP) is 1.71. The number of furan rings is 1. The second kappa shape index (κ2) is 7.51. The van der Waals surface area contributed by atoms with Crippen LogP contribution in [0.2, 0.25) is 0 Å². The van der Waals surface area contributed by atoms with Gasteiger partial charge in [0.15, 0.2) is 0 Å². The maximum Gasteiger partial charge on any atom is 0.348 e. The maximum absolute atomic E-state index is 12.3. The maximum atomic E-state index is 12.3. The molecule has 26 heavy (non-hydrogen) atoms. The van der Waals surface area contributed by atoms with Crippen LogP contribution in [-0.2, 0) is 4.79 Å². The van der Waals surface area contributed by atoms with Crippen molar-refractivity contribution in [3.63, 3.8) is 0 Å². The van der Waals surface area contributed by atoms with Gasteiger partial charge in [0.05, 0.1) is 25.6 Å². The minimum Gasteiger partial charge on any atom is -0.508 e. The molecule has 1 aromatic heterocycles. The smallest absolute Gasteiger partial charge is 0.348 e. The second-order valence-corrected chi connectivity index (χ2v) is 5.47. The molecular formula is C17H16N4O5. The van der Waals surface area contributed by atoms with Crippen molar-refractivity contribution >= 4 is 24.6 Å². The lowest BCUT2D eigenvalue weighted by Gasteiger charge is -2.18. The van der Waals surface area contributed by atoms with Crippen LogP contribution in [0.15, 0.2) is 52.2 Å². The summed E-state index contributed by atoms with van der Waals surface area (Å²) in [5, 5.41) is 16.9. The molecule has 1 atom stereocenters. The molecule has 1 fully saturated rings. The van der Waals surface area contributed by atoms with E-state index in [9.17, 15) is 19.5 Å². The van der Waals surface area contributed by atoms with Crippen molar-refractivity contribution < 1.29 is 23.9 Å². The monoisotopic (exact) mass is 356 g/mol. The molecule has 1 aliphatic heterocycles. The summed E-state index contributed by atoms with van der Waals surface area (Å²) in [4.78, 5) is 36.9. The Bertz CT molecular complexity index is 816. The van der Waals surface area contributed by atoms with Gasteiger partial charge in [-0.05, 0) is 29.8 Å². The number of nitrogens with zero attached hydrogens (tertiary/aromatic N) is 3. The van der Waals surface area contributed by atoms with Gasteiger partial charge >= 0.3 is 12.1 Å². The second-order valence-electron chi connectivity index (χ2n) is 5.47. The molecule has 1 unspecified atom stereocenters. The van der Waals surface area contributed by atoms with Crippen LogP contribution in [0.5, 0.6) is 5.75 Å². The van der Waals surface area contributed by atoms with Gasteiger partial charge < -0.3 is 19.6 Å². The molecule has 0 bridgehead atoms. The number of carbonyl (C=O) groups excluding carboxylic acids is 3. The van der Waals surface area contributed by atoms with E-state index in [1.54, 1.807) is 12.1 Å². The van der Waals surface area contributed by atoms with Crippen molar-refractivity contribution in [1.29, 1.82) is 0 Å². The average Bonchev–Trinajstić information content (AvgIpc) is 3.28. The number of urea groups is 2.